The van der Waals surface area contributed by atoms with Gasteiger partial charge in [0, 0.05) is 55.9 Å². The normalized spacial score (nSPS) is 30.9. The first kappa shape index (κ1) is 36.8. The van der Waals surface area contributed by atoms with Crippen LogP contribution in [-0.2, 0) is 14.3 Å². The number of rotatable bonds is 6. The van der Waals surface area contributed by atoms with E-state index in [0.29, 0.717) is 19.1 Å². The summed E-state index contributed by atoms with van der Waals surface area (Å²) >= 11 is 0. The summed E-state index contributed by atoms with van der Waals surface area (Å²) in [5.74, 6) is -0.693. The highest BCUT2D eigenvalue weighted by atomic mass is 16.6. The standard InChI is InChI=1S/C38H57N3O6/c1-27-18-20-39-33(25-27)28(2)11-10-12-29(3)36-30(4)15-16-34(38(5,45)19-17-32(42)26-35(43)47-36)46-37(44)41-23-21-40(22-24-41)31-13-8-6-7-9-14-31/h10-12,15-16,18,20,25,28,30-32,34,36,42,45H,6-9,13-14,17,19,21-24,26H2,1-5H3/b11-10+,16-15+,29-12+/t28?,30-,32-,34-,36+,38-/m0/s1. The van der Waals surface area contributed by atoms with E-state index >= 15 is 0 Å². The van der Waals surface area contributed by atoms with Crippen LogP contribution in [0.25, 0.3) is 0 Å². The molecule has 3 heterocycles. The molecule has 3 aliphatic rings. The summed E-state index contributed by atoms with van der Waals surface area (Å²) in [5.41, 5.74) is 1.51. The predicted molar refractivity (Wildman–Crippen MR) is 184 cm³/mol. The zero-order chi connectivity index (χ0) is 34.0. The van der Waals surface area contributed by atoms with Gasteiger partial charge in [-0.3, -0.25) is 14.7 Å². The van der Waals surface area contributed by atoms with Crippen LogP contribution >= 0.6 is 0 Å². The van der Waals surface area contributed by atoms with Crippen molar-refractivity contribution >= 4 is 12.1 Å². The summed E-state index contributed by atoms with van der Waals surface area (Å²) in [6, 6.07) is 4.63. The molecule has 2 fully saturated rings. The quantitative estimate of drug-likeness (QED) is 0.161. The SMILES string of the molecule is C/C(=C\C=C\C(C)c1cc(C)ccn1)[C@H]1OC(=O)C[C@@H](O)CC[C@](C)(O)[C@@H](OC(=O)N2CCN(C3CCCCCC3)CC2)/C=C/[C@@H]1C. The Morgan fingerprint density at radius 2 is 1.83 bits per heavy atom. The number of aliphatic hydroxyl groups excluding tert-OH is 1. The van der Waals surface area contributed by atoms with Gasteiger partial charge in [0.2, 0.25) is 0 Å². The molecular weight excluding hydrogens is 594 g/mol. The van der Waals surface area contributed by atoms with Crippen molar-refractivity contribution in [2.75, 3.05) is 26.2 Å². The van der Waals surface area contributed by atoms with E-state index in [2.05, 4.69) is 29.0 Å². The summed E-state index contributed by atoms with van der Waals surface area (Å²) in [7, 11) is 0. The van der Waals surface area contributed by atoms with Gasteiger partial charge < -0.3 is 24.6 Å². The summed E-state index contributed by atoms with van der Waals surface area (Å²) in [6.45, 7) is 12.4. The van der Waals surface area contributed by atoms with Gasteiger partial charge in [0.15, 0.2) is 6.10 Å². The number of amides is 1. The molecule has 1 aliphatic carbocycles. The van der Waals surface area contributed by atoms with Crippen LogP contribution < -0.4 is 0 Å². The van der Waals surface area contributed by atoms with Gasteiger partial charge in [0.05, 0.1) is 12.5 Å². The lowest BCUT2D eigenvalue weighted by atomic mass is 9.88. The molecule has 0 aromatic carbocycles. The molecule has 0 bridgehead atoms. The number of piperazine rings is 1. The number of aliphatic hydroxyl groups is 2. The van der Waals surface area contributed by atoms with Gasteiger partial charge in [-0.05, 0) is 75.8 Å². The zero-order valence-electron chi connectivity index (χ0n) is 29.1. The number of aryl methyl sites for hydroxylation is 1. The highest BCUT2D eigenvalue weighted by Crippen LogP contribution is 2.28. The van der Waals surface area contributed by atoms with E-state index in [4.69, 9.17) is 9.47 Å². The number of hydrogen-bond acceptors (Lipinski definition) is 8. The van der Waals surface area contributed by atoms with Crippen molar-refractivity contribution in [2.45, 2.75) is 128 Å². The van der Waals surface area contributed by atoms with Crippen LogP contribution in [0.15, 0.2) is 54.3 Å². The Labute approximate surface area is 281 Å². The average molecular weight is 652 g/mol. The van der Waals surface area contributed by atoms with Gasteiger partial charge in [-0.15, -0.1) is 0 Å². The number of ether oxygens (including phenoxy) is 2. The molecule has 6 atom stereocenters. The molecule has 0 radical (unpaired) electrons. The second kappa shape index (κ2) is 17.4. The Morgan fingerprint density at radius 1 is 1.13 bits per heavy atom. The largest absolute Gasteiger partial charge is 0.457 e. The van der Waals surface area contributed by atoms with Crippen molar-refractivity contribution in [3.05, 3.63) is 65.5 Å². The predicted octanol–water partition coefficient (Wildman–Crippen LogP) is 6.24. The molecule has 9 heteroatoms. The molecule has 2 aliphatic heterocycles. The monoisotopic (exact) mass is 651 g/mol. The van der Waals surface area contributed by atoms with Gasteiger partial charge in [0.25, 0.3) is 0 Å². The third kappa shape index (κ3) is 11.0. The van der Waals surface area contributed by atoms with Gasteiger partial charge in [-0.2, -0.15) is 0 Å². The van der Waals surface area contributed by atoms with Crippen molar-refractivity contribution in [1.29, 1.82) is 0 Å². The maximum Gasteiger partial charge on any atom is 0.410 e. The highest BCUT2D eigenvalue weighted by Gasteiger charge is 2.37. The average Bonchev–Trinajstić information content (AvgIpc) is 3.34. The number of pyridine rings is 1. The van der Waals surface area contributed by atoms with E-state index in [1.807, 2.05) is 51.3 Å². The fourth-order valence-corrected chi connectivity index (χ4v) is 6.90. The second-order valence-corrected chi connectivity index (χ2v) is 14.2. The maximum atomic E-state index is 13.4. The first-order valence-corrected chi connectivity index (χ1v) is 17.7. The highest BCUT2D eigenvalue weighted by molar-refractivity contribution is 5.70. The van der Waals surface area contributed by atoms with Crippen molar-refractivity contribution < 1.29 is 29.3 Å². The minimum Gasteiger partial charge on any atom is -0.457 e. The second-order valence-electron chi connectivity index (χ2n) is 14.2. The molecular formula is C38H57N3O6. The zero-order valence-corrected chi connectivity index (χ0v) is 29.1. The Bertz CT molecular complexity index is 1260. The Hall–Kier alpha value is -3.01. The lowest BCUT2D eigenvalue weighted by molar-refractivity contribution is -0.151. The number of allylic oxidation sites excluding steroid dienone is 3. The van der Waals surface area contributed by atoms with Crippen LogP contribution in [0.3, 0.4) is 0 Å². The van der Waals surface area contributed by atoms with E-state index in [0.717, 1.165) is 29.9 Å². The van der Waals surface area contributed by atoms with Crippen molar-refractivity contribution in [3.63, 3.8) is 0 Å². The Kier molecular flexibility index (Phi) is 13.6. The van der Waals surface area contributed by atoms with Crippen LogP contribution in [0.2, 0.25) is 0 Å². The number of carbonyl (C=O) groups excluding carboxylic acids is 2. The molecule has 1 unspecified atom stereocenters. The summed E-state index contributed by atoms with van der Waals surface area (Å²) in [5, 5.41) is 22.2. The fraction of sp³-hybridized carbons (Fsp3) is 0.658. The Morgan fingerprint density at radius 3 is 2.51 bits per heavy atom. The van der Waals surface area contributed by atoms with E-state index in [9.17, 15) is 19.8 Å². The number of esters is 1. The van der Waals surface area contributed by atoms with Gasteiger partial charge in [-0.1, -0.05) is 63.8 Å². The molecule has 1 saturated carbocycles. The van der Waals surface area contributed by atoms with Crippen LogP contribution in [0.4, 0.5) is 4.79 Å². The Balaban J connectivity index is 1.46. The summed E-state index contributed by atoms with van der Waals surface area (Å²) < 4.78 is 11.9. The van der Waals surface area contributed by atoms with Gasteiger partial charge in [-0.25, -0.2) is 4.79 Å². The molecule has 260 valence electrons. The van der Waals surface area contributed by atoms with Crippen molar-refractivity contribution in [3.8, 4) is 0 Å². The van der Waals surface area contributed by atoms with Crippen molar-refractivity contribution in [2.24, 2.45) is 5.92 Å². The van der Waals surface area contributed by atoms with Gasteiger partial charge >= 0.3 is 12.1 Å². The lowest BCUT2D eigenvalue weighted by Gasteiger charge is -2.40. The summed E-state index contributed by atoms with van der Waals surface area (Å²) in [6.07, 6.45) is 16.1. The molecule has 1 saturated heterocycles. The smallest absolute Gasteiger partial charge is 0.410 e. The fourth-order valence-electron chi connectivity index (χ4n) is 6.90. The lowest BCUT2D eigenvalue weighted by Crippen LogP contribution is -2.53. The minimum atomic E-state index is -1.44. The number of carbonyl (C=O) groups is 2. The van der Waals surface area contributed by atoms with E-state index in [1.54, 1.807) is 17.9 Å². The molecule has 1 aromatic heterocycles. The summed E-state index contributed by atoms with van der Waals surface area (Å²) in [4.78, 5) is 35.0. The molecule has 9 nitrogen and oxygen atoms in total. The first-order valence-electron chi connectivity index (χ1n) is 17.7. The molecule has 0 spiro atoms. The number of cyclic esters (lactones) is 1. The van der Waals surface area contributed by atoms with Crippen LogP contribution in [0.5, 0.6) is 0 Å². The topological polar surface area (TPSA) is 112 Å². The third-order valence-corrected chi connectivity index (χ3v) is 10.1. The minimum absolute atomic E-state index is 0.0998. The van der Waals surface area contributed by atoms with E-state index in [1.165, 1.54) is 38.5 Å². The molecule has 4 rings (SSSR count). The number of aromatic nitrogens is 1. The molecule has 1 amide bonds. The van der Waals surface area contributed by atoms with Crippen LogP contribution in [0.1, 0.15) is 103 Å². The third-order valence-electron chi connectivity index (χ3n) is 10.1. The van der Waals surface area contributed by atoms with Crippen LogP contribution in [0, 0.1) is 12.8 Å². The molecule has 1 aromatic rings. The molecule has 2 N–H and O–H groups in total. The number of hydrogen-bond donors (Lipinski definition) is 2. The molecule has 47 heavy (non-hydrogen) atoms. The first-order chi connectivity index (χ1) is 22.4. The van der Waals surface area contributed by atoms with Crippen LogP contribution in [-0.4, -0.2) is 93.2 Å². The maximum absolute atomic E-state index is 13.4. The van der Waals surface area contributed by atoms with Crippen molar-refractivity contribution in [1.82, 2.24) is 14.8 Å². The van der Waals surface area contributed by atoms with E-state index in [-0.39, 0.29) is 31.1 Å². The van der Waals surface area contributed by atoms with E-state index < -0.39 is 36.0 Å². The van der Waals surface area contributed by atoms with Gasteiger partial charge in [0.1, 0.15) is 11.7 Å². The number of nitrogens with zero attached hydrogens (tertiary/aromatic N) is 3.